The minimum absolute atomic E-state index is 0.0248. The van der Waals surface area contributed by atoms with Gasteiger partial charge < -0.3 is 9.47 Å². The predicted octanol–water partition coefficient (Wildman–Crippen LogP) is 2.20. The van der Waals surface area contributed by atoms with Gasteiger partial charge in [-0.25, -0.2) is 0 Å². The van der Waals surface area contributed by atoms with Gasteiger partial charge in [0.1, 0.15) is 0 Å². The Balaban J connectivity index is 5.52. The second-order valence-electron chi connectivity index (χ2n) is 3.46. The molecule has 0 saturated heterocycles. The van der Waals surface area contributed by atoms with E-state index in [-0.39, 0.29) is 12.8 Å². The molecule has 0 aromatic carbocycles. The molecular formula is C13H15BrO4. The number of hydrogen-bond acceptors (Lipinski definition) is 4. The number of rotatable bonds is 5. The summed E-state index contributed by atoms with van der Waals surface area (Å²) < 4.78 is 9.83. The summed E-state index contributed by atoms with van der Waals surface area (Å²) >= 11 is 3.14. The van der Waals surface area contributed by atoms with Crippen LogP contribution in [0.15, 0.2) is 23.7 Å². The molecule has 0 heterocycles. The summed E-state index contributed by atoms with van der Waals surface area (Å²) in [6, 6.07) is 0. The van der Waals surface area contributed by atoms with Crippen LogP contribution in [-0.2, 0) is 19.1 Å². The molecule has 4 nitrogen and oxygen atoms in total. The molecule has 0 aliphatic heterocycles. The van der Waals surface area contributed by atoms with Crippen LogP contribution in [0, 0.1) is 17.3 Å². The number of carbonyl (C=O) groups is 2. The zero-order valence-corrected chi connectivity index (χ0v) is 12.0. The minimum Gasteiger partial charge on any atom is -0.468 e. The lowest BCUT2D eigenvalue weighted by Crippen LogP contribution is -2.41. The van der Waals surface area contributed by atoms with Gasteiger partial charge in [-0.15, -0.1) is 0 Å². The van der Waals surface area contributed by atoms with E-state index >= 15 is 0 Å². The Labute approximate surface area is 115 Å². The Morgan fingerprint density at radius 2 is 1.83 bits per heavy atom. The van der Waals surface area contributed by atoms with Gasteiger partial charge in [-0.3, -0.25) is 9.59 Å². The van der Waals surface area contributed by atoms with Gasteiger partial charge in [0.15, 0.2) is 5.41 Å². The van der Waals surface area contributed by atoms with Gasteiger partial charge in [-0.2, -0.15) is 0 Å². The molecule has 0 bridgehead atoms. The van der Waals surface area contributed by atoms with Crippen LogP contribution in [0.5, 0.6) is 0 Å². The molecule has 0 atom stereocenters. The van der Waals surface area contributed by atoms with E-state index in [1.165, 1.54) is 20.3 Å². The quantitative estimate of drug-likeness (QED) is 0.443. The van der Waals surface area contributed by atoms with Gasteiger partial charge in [0.2, 0.25) is 0 Å². The summed E-state index contributed by atoms with van der Waals surface area (Å²) in [5.74, 6) is 3.87. The van der Waals surface area contributed by atoms with E-state index in [2.05, 4.69) is 50.4 Å². The number of methoxy groups -OCH3 is 2. The van der Waals surface area contributed by atoms with Crippen molar-refractivity contribution in [1.29, 1.82) is 0 Å². The maximum atomic E-state index is 11.9. The van der Waals surface area contributed by atoms with Crippen molar-refractivity contribution in [3.05, 3.63) is 23.7 Å². The molecule has 0 spiro atoms. The third-order valence-corrected chi connectivity index (χ3v) is 2.52. The Bertz CT molecular complexity index is 398. The molecule has 5 heteroatoms. The number of allylic oxidation sites excluding steroid dienone is 2. The smallest absolute Gasteiger partial charge is 0.324 e. The fraction of sp³-hybridized carbons (Fsp3) is 0.385. The molecular weight excluding hydrogens is 300 g/mol. The van der Waals surface area contributed by atoms with E-state index in [1.54, 1.807) is 0 Å². The van der Waals surface area contributed by atoms with Crippen molar-refractivity contribution >= 4 is 27.9 Å². The number of ether oxygens (including phenoxy) is 2. The van der Waals surface area contributed by atoms with Crippen LogP contribution in [0.3, 0.4) is 0 Å². The van der Waals surface area contributed by atoms with Gasteiger partial charge >= 0.3 is 11.9 Å². The van der Waals surface area contributed by atoms with Crippen molar-refractivity contribution in [1.82, 2.24) is 0 Å². The Morgan fingerprint density at radius 1 is 1.33 bits per heavy atom. The topological polar surface area (TPSA) is 52.6 Å². The van der Waals surface area contributed by atoms with Crippen LogP contribution in [0.25, 0.3) is 0 Å². The van der Waals surface area contributed by atoms with Gasteiger partial charge in [0.25, 0.3) is 0 Å². The summed E-state index contributed by atoms with van der Waals surface area (Å²) in [7, 11) is 2.41. The largest absolute Gasteiger partial charge is 0.468 e. The zero-order valence-electron chi connectivity index (χ0n) is 10.4. The summed E-state index contributed by atoms with van der Waals surface area (Å²) in [4.78, 5) is 23.8. The van der Waals surface area contributed by atoms with Crippen molar-refractivity contribution in [2.24, 2.45) is 5.41 Å². The summed E-state index contributed by atoms with van der Waals surface area (Å²) in [5.41, 5.74) is -1.50. The molecule has 0 aliphatic carbocycles. The van der Waals surface area contributed by atoms with Crippen molar-refractivity contribution in [2.45, 2.75) is 12.8 Å². The second kappa shape index (κ2) is 7.72. The standard InChI is InChI=1S/C13H15BrO4/c1-5-6-7-8-13(9-10(2)14,11(15)17-3)12(16)18-4/h5H,1-2,8-9H2,3-4H3. The van der Waals surface area contributed by atoms with Gasteiger partial charge in [0, 0.05) is 12.8 Å². The van der Waals surface area contributed by atoms with Crippen molar-refractivity contribution in [3.63, 3.8) is 0 Å². The van der Waals surface area contributed by atoms with Gasteiger partial charge in [0.05, 0.1) is 14.2 Å². The third kappa shape index (κ3) is 4.04. The fourth-order valence-electron chi connectivity index (χ4n) is 1.43. The molecule has 0 N–H and O–H groups in total. The summed E-state index contributed by atoms with van der Waals surface area (Å²) in [6.45, 7) is 7.07. The molecule has 0 aliphatic rings. The first kappa shape index (κ1) is 16.5. The first-order chi connectivity index (χ1) is 8.44. The lowest BCUT2D eigenvalue weighted by molar-refractivity contribution is -0.168. The van der Waals surface area contributed by atoms with Crippen LogP contribution < -0.4 is 0 Å². The Hall–Kier alpha value is -1.54. The molecule has 0 rings (SSSR count). The van der Waals surface area contributed by atoms with Crippen molar-refractivity contribution < 1.29 is 19.1 Å². The summed E-state index contributed by atoms with van der Waals surface area (Å²) in [5, 5.41) is 0. The van der Waals surface area contributed by atoms with Crippen molar-refractivity contribution in [3.8, 4) is 11.8 Å². The Morgan fingerprint density at radius 3 is 2.17 bits per heavy atom. The highest BCUT2D eigenvalue weighted by Crippen LogP contribution is 2.34. The molecule has 18 heavy (non-hydrogen) atoms. The molecule has 0 amide bonds. The van der Waals surface area contributed by atoms with E-state index in [0.29, 0.717) is 4.48 Å². The third-order valence-electron chi connectivity index (χ3n) is 2.24. The van der Waals surface area contributed by atoms with Crippen LogP contribution in [0.1, 0.15) is 12.8 Å². The summed E-state index contributed by atoms with van der Waals surface area (Å²) in [6.07, 6.45) is 1.41. The molecule has 0 unspecified atom stereocenters. The lowest BCUT2D eigenvalue weighted by atomic mass is 9.81. The van der Waals surface area contributed by atoms with E-state index in [9.17, 15) is 9.59 Å². The van der Waals surface area contributed by atoms with E-state index < -0.39 is 17.4 Å². The van der Waals surface area contributed by atoms with Crippen LogP contribution >= 0.6 is 15.9 Å². The molecule has 0 fully saturated rings. The maximum absolute atomic E-state index is 11.9. The van der Waals surface area contributed by atoms with Crippen LogP contribution in [0.2, 0.25) is 0 Å². The lowest BCUT2D eigenvalue weighted by Gasteiger charge is -2.25. The Kier molecular flexibility index (Phi) is 7.06. The first-order valence-corrected chi connectivity index (χ1v) is 5.83. The van der Waals surface area contributed by atoms with E-state index in [0.717, 1.165) is 0 Å². The zero-order chi connectivity index (χ0) is 14.2. The number of carbonyl (C=O) groups excluding carboxylic acids is 2. The first-order valence-electron chi connectivity index (χ1n) is 5.04. The number of esters is 2. The average Bonchev–Trinajstić information content (AvgIpc) is 2.35. The van der Waals surface area contributed by atoms with Gasteiger partial charge in [-0.1, -0.05) is 40.9 Å². The van der Waals surface area contributed by atoms with Gasteiger partial charge in [-0.05, 0) is 10.6 Å². The van der Waals surface area contributed by atoms with Crippen LogP contribution in [0.4, 0.5) is 0 Å². The van der Waals surface area contributed by atoms with Crippen LogP contribution in [-0.4, -0.2) is 26.2 Å². The fourth-order valence-corrected chi connectivity index (χ4v) is 1.91. The molecule has 0 radical (unpaired) electrons. The minimum atomic E-state index is -1.50. The molecule has 0 aromatic heterocycles. The van der Waals surface area contributed by atoms with E-state index in [1.807, 2.05) is 0 Å². The monoisotopic (exact) mass is 314 g/mol. The molecule has 98 valence electrons. The molecule has 0 saturated carbocycles. The predicted molar refractivity (Wildman–Crippen MR) is 71.7 cm³/mol. The number of halogens is 1. The molecule has 0 aromatic rings. The normalized spacial score (nSPS) is 9.72. The highest BCUT2D eigenvalue weighted by Gasteiger charge is 2.48. The highest BCUT2D eigenvalue weighted by molar-refractivity contribution is 9.11. The SMILES string of the molecule is C=CC#CCC(CC(=C)Br)(C(=O)OC)C(=O)OC. The number of hydrogen-bond donors (Lipinski definition) is 0. The highest BCUT2D eigenvalue weighted by atomic mass is 79.9. The maximum Gasteiger partial charge on any atom is 0.324 e. The van der Waals surface area contributed by atoms with E-state index in [4.69, 9.17) is 0 Å². The average molecular weight is 315 g/mol. The van der Waals surface area contributed by atoms with Crippen molar-refractivity contribution in [2.75, 3.05) is 14.2 Å². The second-order valence-corrected chi connectivity index (χ2v) is 4.58.